The lowest BCUT2D eigenvalue weighted by Crippen LogP contribution is -1.83. The summed E-state index contributed by atoms with van der Waals surface area (Å²) in [5, 5.41) is 18.5. The normalized spacial score (nSPS) is 22.2. The van der Waals surface area contributed by atoms with E-state index >= 15 is 0 Å². The first-order valence-electron chi connectivity index (χ1n) is 6.89. The summed E-state index contributed by atoms with van der Waals surface area (Å²) in [5.41, 5.74) is 0.107. The van der Waals surface area contributed by atoms with Gasteiger partial charge in [0.15, 0.2) is 0 Å². The molecule has 0 radical (unpaired) electrons. The van der Waals surface area contributed by atoms with E-state index < -0.39 is 26.0 Å². The van der Waals surface area contributed by atoms with E-state index in [1.54, 1.807) is 0 Å². The summed E-state index contributed by atoms with van der Waals surface area (Å²) in [6, 6.07) is 3.33. The maximum Gasteiger partial charge on any atom is 0.119 e. The van der Waals surface area contributed by atoms with Crippen molar-refractivity contribution in [3.63, 3.8) is 0 Å². The van der Waals surface area contributed by atoms with E-state index in [-0.39, 0.29) is 17.1 Å². The molecule has 12 heavy (non-hydrogen) atoms. The van der Waals surface area contributed by atoms with Gasteiger partial charge in [0.2, 0.25) is 0 Å². The fourth-order valence-corrected chi connectivity index (χ4v) is 0.905. The predicted octanol–water partition coefficient (Wildman–Crippen LogP) is 2.44. The van der Waals surface area contributed by atoms with Crippen LogP contribution >= 0.6 is 0 Å². The molecular formula is C10H14O2. The van der Waals surface area contributed by atoms with Crippen molar-refractivity contribution in [1.82, 2.24) is 0 Å². The molecule has 0 saturated heterocycles. The molecule has 1 rings (SSSR count). The van der Waals surface area contributed by atoms with Gasteiger partial charge in [-0.25, -0.2) is 0 Å². The molecule has 0 aromatic heterocycles. The third-order valence-corrected chi connectivity index (χ3v) is 1.34. The van der Waals surface area contributed by atoms with E-state index in [2.05, 4.69) is 0 Å². The highest BCUT2D eigenvalue weighted by atomic mass is 16.3. The Balaban J connectivity index is 3.09. The Morgan fingerprint density at radius 3 is 2.58 bits per heavy atom. The van der Waals surface area contributed by atoms with Gasteiger partial charge in [0.1, 0.15) is 11.5 Å². The molecule has 0 fully saturated rings. The van der Waals surface area contributed by atoms with Gasteiger partial charge in [-0.05, 0) is 30.5 Å². The highest BCUT2D eigenvalue weighted by Gasteiger charge is 1.97. The number of hydrogen-bond acceptors (Lipinski definition) is 2. The minimum absolute atomic E-state index is 0.107. The fraction of sp³-hybridized carbons (Fsp3) is 0.400. The molecule has 2 N–H and O–H groups in total. The van der Waals surface area contributed by atoms with Gasteiger partial charge < -0.3 is 10.2 Å². The Bertz CT molecular complexity index is 447. The first-order valence-corrected chi connectivity index (χ1v) is 3.39. The maximum absolute atomic E-state index is 9.27. The van der Waals surface area contributed by atoms with Crippen LogP contribution in [0.2, 0.25) is 0 Å². The molecule has 0 atom stereocenters. The minimum atomic E-state index is -3.12. The zero-order valence-corrected chi connectivity index (χ0v) is 6.33. The lowest BCUT2D eigenvalue weighted by atomic mass is 10.1. The third-order valence-electron chi connectivity index (χ3n) is 1.34. The number of aromatic hydroxyl groups is 2. The quantitative estimate of drug-likeness (QED) is 0.737. The van der Waals surface area contributed by atoms with Crippen LogP contribution in [-0.2, 0) is 6.42 Å². The highest BCUT2D eigenvalue weighted by Crippen LogP contribution is 2.21. The van der Waals surface area contributed by atoms with Gasteiger partial charge in [0, 0.05) is 15.7 Å². The van der Waals surface area contributed by atoms with E-state index in [9.17, 15) is 10.2 Å². The summed E-state index contributed by atoms with van der Waals surface area (Å²) in [5.74, 6) is -0.611. The molecule has 0 spiro atoms. The van der Waals surface area contributed by atoms with Gasteiger partial charge in [-0.15, -0.1) is 0 Å². The van der Waals surface area contributed by atoms with Crippen molar-refractivity contribution in [2.75, 3.05) is 0 Å². The predicted molar refractivity (Wildman–Crippen MR) is 48.4 cm³/mol. The zero-order valence-electron chi connectivity index (χ0n) is 13.3. The molecule has 0 amide bonds. The Kier molecular flexibility index (Phi) is 1.10. The van der Waals surface area contributed by atoms with Crippen LogP contribution in [0.1, 0.15) is 34.8 Å². The molecule has 0 aliphatic carbocycles. The number of phenolic OH excluding ortho intramolecular Hbond substituents is 2. The van der Waals surface area contributed by atoms with E-state index in [0.29, 0.717) is 0 Å². The van der Waals surface area contributed by atoms with Crippen LogP contribution in [0.5, 0.6) is 11.5 Å². The first-order chi connectivity index (χ1) is 8.37. The SMILES string of the molecule is [2H]C([2H])([2H])C([2H])([2H])C([2H])([2H])Cc1cc(O)cc(O)c1. The average molecular weight is 173 g/mol. The Morgan fingerprint density at radius 1 is 1.33 bits per heavy atom. The molecule has 66 valence electrons. The van der Waals surface area contributed by atoms with E-state index in [1.807, 2.05) is 0 Å². The summed E-state index contributed by atoms with van der Waals surface area (Å²) < 4.78 is 51.3. The van der Waals surface area contributed by atoms with E-state index in [1.165, 1.54) is 0 Å². The molecule has 2 nitrogen and oxygen atoms in total. The first kappa shape index (κ1) is 3.29. The summed E-state index contributed by atoms with van der Waals surface area (Å²) in [6.45, 7) is -3.12. The topological polar surface area (TPSA) is 40.5 Å². The summed E-state index contributed by atoms with van der Waals surface area (Å²) in [4.78, 5) is 0. The van der Waals surface area contributed by atoms with Crippen molar-refractivity contribution in [3.8, 4) is 11.5 Å². The van der Waals surface area contributed by atoms with Gasteiger partial charge >= 0.3 is 0 Å². The monoisotopic (exact) mass is 173 g/mol. The van der Waals surface area contributed by atoms with Crippen molar-refractivity contribution in [1.29, 1.82) is 0 Å². The Morgan fingerprint density at radius 2 is 2.00 bits per heavy atom. The van der Waals surface area contributed by atoms with Crippen molar-refractivity contribution in [2.24, 2.45) is 0 Å². The number of hydrogen-bond donors (Lipinski definition) is 2. The Hall–Kier alpha value is -1.18. The van der Waals surface area contributed by atoms with Crippen LogP contribution in [-0.4, -0.2) is 10.2 Å². The molecule has 0 unspecified atom stereocenters. The second kappa shape index (κ2) is 4.00. The number of benzene rings is 1. The van der Waals surface area contributed by atoms with Crippen molar-refractivity contribution in [2.45, 2.75) is 26.0 Å². The number of aryl methyl sites for hydroxylation is 1. The highest BCUT2D eigenvalue weighted by molar-refractivity contribution is 5.36. The second-order valence-electron chi connectivity index (χ2n) is 2.34. The van der Waals surface area contributed by atoms with E-state index in [0.717, 1.165) is 18.2 Å². The molecule has 0 aliphatic rings. The largest absolute Gasteiger partial charge is 0.508 e. The molecule has 1 aromatic carbocycles. The molecular weight excluding hydrogens is 152 g/mol. The number of rotatable bonds is 3. The number of phenols is 2. The minimum Gasteiger partial charge on any atom is -0.508 e. The van der Waals surface area contributed by atoms with Gasteiger partial charge in [-0.2, -0.15) is 0 Å². The average Bonchev–Trinajstić information content (AvgIpc) is 2.12. The van der Waals surface area contributed by atoms with Crippen molar-refractivity contribution < 1.29 is 19.8 Å². The molecule has 0 bridgehead atoms. The van der Waals surface area contributed by atoms with Crippen molar-refractivity contribution >= 4 is 0 Å². The Labute approximate surface area is 82.3 Å². The molecule has 0 aliphatic heterocycles. The molecule has 2 heteroatoms. The fourth-order valence-electron chi connectivity index (χ4n) is 0.905. The molecule has 1 aromatic rings. The van der Waals surface area contributed by atoms with Crippen LogP contribution in [0.3, 0.4) is 0 Å². The molecule has 0 heterocycles. The van der Waals surface area contributed by atoms with Crippen LogP contribution in [0, 0.1) is 0 Å². The second-order valence-corrected chi connectivity index (χ2v) is 2.34. The summed E-state index contributed by atoms with van der Waals surface area (Å²) in [7, 11) is 0. The standard InChI is InChI=1S/C10H14O2/c1-2-3-4-8-5-9(11)7-10(12)6-8/h5-7,11-12H,2-4H2,1H3/i1D3,2D2,3D2. The van der Waals surface area contributed by atoms with E-state index in [4.69, 9.17) is 9.60 Å². The van der Waals surface area contributed by atoms with Crippen LogP contribution in [0.25, 0.3) is 0 Å². The van der Waals surface area contributed by atoms with Gasteiger partial charge in [0.25, 0.3) is 0 Å². The maximum atomic E-state index is 9.27. The molecule has 0 saturated carbocycles. The van der Waals surface area contributed by atoms with Gasteiger partial charge in [-0.1, -0.05) is 13.2 Å². The van der Waals surface area contributed by atoms with Gasteiger partial charge in [0.05, 0.1) is 0 Å². The van der Waals surface area contributed by atoms with Crippen molar-refractivity contribution in [3.05, 3.63) is 23.8 Å². The lowest BCUT2D eigenvalue weighted by molar-refractivity contribution is 0.449. The smallest absolute Gasteiger partial charge is 0.119 e. The van der Waals surface area contributed by atoms with Crippen LogP contribution in [0.15, 0.2) is 18.2 Å². The summed E-state index contributed by atoms with van der Waals surface area (Å²) >= 11 is 0. The zero-order chi connectivity index (χ0) is 15.1. The van der Waals surface area contributed by atoms with Gasteiger partial charge in [-0.3, -0.25) is 0 Å². The lowest BCUT2D eigenvalue weighted by Gasteiger charge is -2.01. The summed E-state index contributed by atoms with van der Waals surface area (Å²) in [6.07, 6.45) is -6.32. The van der Waals surface area contributed by atoms with Crippen LogP contribution in [0.4, 0.5) is 0 Å². The third kappa shape index (κ3) is 2.46. The van der Waals surface area contributed by atoms with Crippen LogP contribution < -0.4 is 0 Å².